The number of furan rings is 1. The zero-order chi connectivity index (χ0) is 19.1. The Morgan fingerprint density at radius 2 is 1.96 bits per heavy atom. The average Bonchev–Trinajstić information content (AvgIpc) is 3.18. The molecule has 3 aromatic rings. The maximum atomic E-state index is 12.9. The molecule has 0 aliphatic heterocycles. The number of methoxy groups -OCH3 is 1. The third kappa shape index (κ3) is 3.04. The van der Waals surface area contributed by atoms with Gasteiger partial charge >= 0.3 is 5.97 Å². The lowest BCUT2D eigenvalue weighted by Gasteiger charge is -2.11. The molecule has 0 saturated carbocycles. The summed E-state index contributed by atoms with van der Waals surface area (Å²) in [6, 6.07) is 5.84. The Labute approximate surface area is 161 Å². The number of carbonyl (C=O) groups excluding carboxylic acids is 2. The van der Waals surface area contributed by atoms with Gasteiger partial charge in [-0.15, -0.1) is 11.3 Å². The maximum absolute atomic E-state index is 12.9. The third-order valence-electron chi connectivity index (χ3n) is 5.09. The number of amides is 1. The largest absolute Gasteiger partial charge is 0.465 e. The van der Waals surface area contributed by atoms with Gasteiger partial charge in [-0.1, -0.05) is 11.6 Å². The standard InChI is InChI=1S/C21H21NO4S/c1-11-8-9-15-14(10-11)12(2)18(26-15)19(23)22-20-17(21(24)25-3)13-6-4-5-7-16(13)27-20/h8-10H,4-7H2,1-3H3,(H,22,23). The van der Waals surface area contributed by atoms with E-state index in [0.29, 0.717) is 16.1 Å². The molecule has 1 aromatic carbocycles. The number of anilines is 1. The number of thiophene rings is 1. The average molecular weight is 383 g/mol. The van der Waals surface area contributed by atoms with Crippen molar-refractivity contribution in [3.8, 4) is 0 Å². The van der Waals surface area contributed by atoms with E-state index < -0.39 is 5.97 Å². The van der Waals surface area contributed by atoms with Crippen LogP contribution in [-0.2, 0) is 17.6 Å². The van der Waals surface area contributed by atoms with Gasteiger partial charge in [0.2, 0.25) is 0 Å². The summed E-state index contributed by atoms with van der Waals surface area (Å²) in [4.78, 5) is 26.4. The summed E-state index contributed by atoms with van der Waals surface area (Å²) >= 11 is 1.47. The molecule has 1 aliphatic carbocycles. The number of carbonyl (C=O) groups is 2. The van der Waals surface area contributed by atoms with E-state index in [-0.39, 0.29) is 11.7 Å². The molecule has 0 fully saturated rings. The minimum atomic E-state index is -0.401. The Bertz CT molecular complexity index is 1060. The number of esters is 1. The second-order valence-electron chi connectivity index (χ2n) is 6.92. The second kappa shape index (κ2) is 6.85. The van der Waals surface area contributed by atoms with Crippen LogP contribution < -0.4 is 5.32 Å². The fraction of sp³-hybridized carbons (Fsp3) is 0.333. The van der Waals surface area contributed by atoms with Crippen LogP contribution >= 0.6 is 11.3 Å². The van der Waals surface area contributed by atoms with Crippen LogP contribution in [0.1, 0.15) is 55.3 Å². The second-order valence-corrected chi connectivity index (χ2v) is 8.02. The Hall–Kier alpha value is -2.60. The lowest BCUT2D eigenvalue weighted by Crippen LogP contribution is -2.15. The van der Waals surface area contributed by atoms with Gasteiger partial charge in [-0.25, -0.2) is 4.79 Å². The zero-order valence-electron chi connectivity index (χ0n) is 15.6. The van der Waals surface area contributed by atoms with Gasteiger partial charge in [0, 0.05) is 15.8 Å². The molecule has 4 rings (SSSR count). The van der Waals surface area contributed by atoms with Crippen molar-refractivity contribution >= 4 is 39.2 Å². The molecule has 0 saturated heterocycles. The molecule has 2 heterocycles. The molecule has 5 nitrogen and oxygen atoms in total. The Balaban J connectivity index is 1.72. The topological polar surface area (TPSA) is 68.5 Å². The minimum absolute atomic E-state index is 0.276. The van der Waals surface area contributed by atoms with Crippen molar-refractivity contribution in [1.82, 2.24) is 0 Å². The minimum Gasteiger partial charge on any atom is -0.465 e. The third-order valence-corrected chi connectivity index (χ3v) is 6.29. The van der Waals surface area contributed by atoms with Crippen molar-refractivity contribution in [3.63, 3.8) is 0 Å². The van der Waals surface area contributed by atoms with Gasteiger partial charge in [0.1, 0.15) is 10.6 Å². The molecule has 1 amide bonds. The molecule has 1 N–H and O–H groups in total. The van der Waals surface area contributed by atoms with Crippen LogP contribution in [0.3, 0.4) is 0 Å². The first-order valence-electron chi connectivity index (χ1n) is 9.03. The van der Waals surface area contributed by atoms with Crippen LogP contribution in [0.4, 0.5) is 5.00 Å². The van der Waals surface area contributed by atoms with E-state index in [9.17, 15) is 9.59 Å². The summed E-state index contributed by atoms with van der Waals surface area (Å²) in [6.45, 7) is 3.88. The number of fused-ring (bicyclic) bond motifs is 2. The lowest BCUT2D eigenvalue weighted by atomic mass is 9.95. The molecule has 1 aliphatic rings. The van der Waals surface area contributed by atoms with Crippen molar-refractivity contribution in [1.29, 1.82) is 0 Å². The zero-order valence-corrected chi connectivity index (χ0v) is 16.4. The van der Waals surface area contributed by atoms with E-state index in [2.05, 4.69) is 5.32 Å². The highest BCUT2D eigenvalue weighted by Gasteiger charge is 2.28. The van der Waals surface area contributed by atoms with Crippen LogP contribution in [0.2, 0.25) is 0 Å². The summed E-state index contributed by atoms with van der Waals surface area (Å²) in [5.41, 5.74) is 4.10. The number of benzene rings is 1. The molecule has 140 valence electrons. The number of rotatable bonds is 3. The number of ether oxygens (including phenoxy) is 1. The smallest absolute Gasteiger partial charge is 0.341 e. The van der Waals surface area contributed by atoms with E-state index >= 15 is 0 Å². The highest BCUT2D eigenvalue weighted by molar-refractivity contribution is 7.17. The van der Waals surface area contributed by atoms with Crippen molar-refractivity contribution in [2.24, 2.45) is 0 Å². The molecule has 0 radical (unpaired) electrons. The monoisotopic (exact) mass is 383 g/mol. The van der Waals surface area contributed by atoms with Crippen molar-refractivity contribution in [2.75, 3.05) is 12.4 Å². The van der Waals surface area contributed by atoms with Crippen LogP contribution in [0.15, 0.2) is 22.6 Å². The van der Waals surface area contributed by atoms with Crippen LogP contribution in [0.5, 0.6) is 0 Å². The Morgan fingerprint density at radius 3 is 2.74 bits per heavy atom. The molecule has 0 bridgehead atoms. The van der Waals surface area contributed by atoms with Gasteiger partial charge in [-0.2, -0.15) is 0 Å². The molecule has 0 spiro atoms. The number of hydrogen-bond donors (Lipinski definition) is 1. The van der Waals surface area contributed by atoms with Gasteiger partial charge in [0.25, 0.3) is 5.91 Å². The van der Waals surface area contributed by atoms with Gasteiger partial charge in [-0.3, -0.25) is 4.79 Å². The van der Waals surface area contributed by atoms with E-state index in [1.165, 1.54) is 18.4 Å². The summed E-state index contributed by atoms with van der Waals surface area (Å²) in [5, 5.41) is 4.38. The highest BCUT2D eigenvalue weighted by Crippen LogP contribution is 2.39. The van der Waals surface area contributed by atoms with E-state index in [1.807, 2.05) is 32.0 Å². The summed E-state index contributed by atoms with van der Waals surface area (Å²) in [6.07, 6.45) is 3.92. The normalized spacial score (nSPS) is 13.4. The predicted molar refractivity (Wildman–Crippen MR) is 106 cm³/mol. The number of hydrogen-bond acceptors (Lipinski definition) is 5. The molecule has 2 aromatic heterocycles. The number of aryl methyl sites for hydroxylation is 3. The van der Waals surface area contributed by atoms with Crippen LogP contribution in [-0.4, -0.2) is 19.0 Å². The van der Waals surface area contributed by atoms with Gasteiger partial charge in [-0.05, 0) is 57.2 Å². The predicted octanol–water partition coefficient (Wildman–Crippen LogP) is 5.03. The first kappa shape index (κ1) is 17.8. The van der Waals surface area contributed by atoms with Gasteiger partial charge in [0.15, 0.2) is 5.76 Å². The first-order valence-corrected chi connectivity index (χ1v) is 9.85. The number of nitrogens with one attached hydrogen (secondary N) is 1. The van der Waals surface area contributed by atoms with Crippen molar-refractivity contribution < 1.29 is 18.7 Å². The summed E-state index contributed by atoms with van der Waals surface area (Å²) in [5.74, 6) is -0.468. The fourth-order valence-corrected chi connectivity index (χ4v) is 4.96. The Kier molecular flexibility index (Phi) is 4.52. The fourth-order valence-electron chi connectivity index (χ4n) is 3.68. The van der Waals surface area contributed by atoms with Crippen LogP contribution in [0.25, 0.3) is 11.0 Å². The van der Waals surface area contributed by atoms with E-state index in [0.717, 1.165) is 52.6 Å². The molecule has 0 unspecified atom stereocenters. The molecule has 27 heavy (non-hydrogen) atoms. The van der Waals surface area contributed by atoms with Crippen molar-refractivity contribution in [3.05, 3.63) is 51.1 Å². The van der Waals surface area contributed by atoms with E-state index in [4.69, 9.17) is 9.15 Å². The summed E-state index contributed by atoms with van der Waals surface area (Å²) < 4.78 is 10.8. The molecular weight excluding hydrogens is 362 g/mol. The first-order chi connectivity index (χ1) is 13.0. The lowest BCUT2D eigenvalue weighted by molar-refractivity contribution is 0.0601. The van der Waals surface area contributed by atoms with Crippen molar-refractivity contribution in [2.45, 2.75) is 39.5 Å². The molecule has 0 atom stereocenters. The van der Waals surface area contributed by atoms with Crippen LogP contribution in [0, 0.1) is 13.8 Å². The van der Waals surface area contributed by atoms with Gasteiger partial charge < -0.3 is 14.5 Å². The highest BCUT2D eigenvalue weighted by atomic mass is 32.1. The van der Waals surface area contributed by atoms with E-state index in [1.54, 1.807) is 0 Å². The summed E-state index contributed by atoms with van der Waals surface area (Å²) in [7, 11) is 1.37. The molecule has 6 heteroatoms. The Morgan fingerprint density at radius 1 is 1.19 bits per heavy atom. The SMILES string of the molecule is COC(=O)c1c(NC(=O)c2oc3ccc(C)cc3c2C)sc2c1CCCC2. The van der Waals surface area contributed by atoms with Gasteiger partial charge in [0.05, 0.1) is 12.7 Å². The maximum Gasteiger partial charge on any atom is 0.341 e. The molecular formula is C21H21NO4S. The quantitative estimate of drug-likeness (QED) is 0.644.